The van der Waals surface area contributed by atoms with Crippen molar-refractivity contribution in [2.75, 3.05) is 11.9 Å². The Morgan fingerprint density at radius 3 is 2.48 bits per heavy atom. The third kappa shape index (κ3) is 2.65. The van der Waals surface area contributed by atoms with Gasteiger partial charge in [-0.15, -0.1) is 0 Å². The highest BCUT2D eigenvalue weighted by Crippen LogP contribution is 2.35. The van der Waals surface area contributed by atoms with Crippen LogP contribution < -0.4 is 4.90 Å². The van der Waals surface area contributed by atoms with Crippen molar-refractivity contribution < 1.29 is 14.4 Å². The van der Waals surface area contributed by atoms with Gasteiger partial charge in [0.25, 0.3) is 17.7 Å². The van der Waals surface area contributed by atoms with E-state index in [1.54, 1.807) is 18.2 Å². The van der Waals surface area contributed by atoms with Crippen LogP contribution in [0.2, 0.25) is 0 Å². The fraction of sp³-hybridized carbons (Fsp3) is 0.318. The van der Waals surface area contributed by atoms with Gasteiger partial charge in [0, 0.05) is 24.3 Å². The Morgan fingerprint density at radius 2 is 1.74 bits per heavy atom. The van der Waals surface area contributed by atoms with Crippen molar-refractivity contribution >= 4 is 23.4 Å². The maximum Gasteiger partial charge on any atom is 0.261 e. The monoisotopic (exact) mass is 362 g/mol. The molecule has 2 heterocycles. The van der Waals surface area contributed by atoms with Gasteiger partial charge in [-0.1, -0.05) is 32.0 Å². The van der Waals surface area contributed by atoms with Gasteiger partial charge in [-0.05, 0) is 48.6 Å². The van der Waals surface area contributed by atoms with Gasteiger partial charge >= 0.3 is 0 Å². The molecule has 0 bridgehead atoms. The molecule has 0 N–H and O–H groups in total. The van der Waals surface area contributed by atoms with E-state index in [0.717, 1.165) is 29.0 Å². The smallest absolute Gasteiger partial charge is 0.261 e. The normalized spacial score (nSPS) is 18.7. The topological polar surface area (TPSA) is 57.7 Å². The van der Waals surface area contributed by atoms with Gasteiger partial charge in [0.15, 0.2) is 0 Å². The Hall–Kier alpha value is -2.95. The van der Waals surface area contributed by atoms with E-state index in [4.69, 9.17) is 0 Å². The summed E-state index contributed by atoms with van der Waals surface area (Å²) in [6.45, 7) is 4.25. The minimum absolute atomic E-state index is 0.0978. The van der Waals surface area contributed by atoms with Gasteiger partial charge in [0.2, 0.25) is 0 Å². The number of nitrogens with zero attached hydrogens (tertiary/aromatic N) is 2. The second-order valence-corrected chi connectivity index (χ2v) is 7.58. The van der Waals surface area contributed by atoms with E-state index in [-0.39, 0.29) is 23.8 Å². The van der Waals surface area contributed by atoms with E-state index < -0.39 is 0 Å². The average molecular weight is 362 g/mol. The number of aryl methyl sites for hydroxylation is 1. The van der Waals surface area contributed by atoms with Gasteiger partial charge in [0.1, 0.15) is 0 Å². The summed E-state index contributed by atoms with van der Waals surface area (Å²) in [4.78, 5) is 40.8. The first-order valence-electron chi connectivity index (χ1n) is 9.28. The molecular formula is C22H22N2O3. The number of rotatable bonds is 2. The molecule has 1 atom stereocenters. The Labute approximate surface area is 158 Å². The Morgan fingerprint density at radius 1 is 1.04 bits per heavy atom. The van der Waals surface area contributed by atoms with Crippen LogP contribution in [0.1, 0.15) is 56.9 Å². The number of benzene rings is 2. The zero-order valence-corrected chi connectivity index (χ0v) is 15.7. The van der Waals surface area contributed by atoms with Crippen LogP contribution >= 0.6 is 0 Å². The molecule has 3 amide bonds. The first-order valence-corrected chi connectivity index (χ1v) is 9.28. The lowest BCUT2D eigenvalue weighted by Gasteiger charge is -2.39. The first kappa shape index (κ1) is 17.5. The molecule has 27 heavy (non-hydrogen) atoms. The molecule has 2 aliphatic rings. The van der Waals surface area contributed by atoms with Crippen LogP contribution in [0, 0.1) is 5.92 Å². The van der Waals surface area contributed by atoms with Crippen LogP contribution in [-0.2, 0) is 6.42 Å². The molecule has 1 unspecified atom stereocenters. The van der Waals surface area contributed by atoms with Crippen molar-refractivity contribution in [2.45, 2.75) is 32.7 Å². The molecular weight excluding hydrogens is 340 g/mol. The summed E-state index contributed by atoms with van der Waals surface area (Å²) in [6.07, 6.45) is 1.86. The number of amides is 3. The average Bonchev–Trinajstić information content (AvgIpc) is 2.90. The number of hydrogen-bond donors (Lipinski definition) is 0. The van der Waals surface area contributed by atoms with Crippen LogP contribution in [-0.4, -0.2) is 35.7 Å². The highest BCUT2D eigenvalue weighted by atomic mass is 16.2. The largest absolute Gasteiger partial charge is 0.305 e. The molecule has 0 aromatic heterocycles. The Balaban J connectivity index is 1.78. The molecule has 0 aliphatic carbocycles. The van der Waals surface area contributed by atoms with E-state index in [9.17, 15) is 14.4 Å². The van der Waals surface area contributed by atoms with E-state index in [0.29, 0.717) is 22.6 Å². The minimum atomic E-state index is -0.357. The minimum Gasteiger partial charge on any atom is -0.305 e. The summed E-state index contributed by atoms with van der Waals surface area (Å²) in [5.41, 5.74) is 3.20. The molecule has 5 heteroatoms. The molecule has 0 fully saturated rings. The van der Waals surface area contributed by atoms with Gasteiger partial charge in [-0.25, -0.2) is 0 Å². The Bertz CT molecular complexity index is 964. The molecule has 4 rings (SSSR count). The van der Waals surface area contributed by atoms with Crippen molar-refractivity contribution in [1.29, 1.82) is 0 Å². The molecule has 2 aromatic rings. The van der Waals surface area contributed by atoms with Crippen molar-refractivity contribution in [3.05, 3.63) is 64.7 Å². The van der Waals surface area contributed by atoms with Crippen molar-refractivity contribution in [3.63, 3.8) is 0 Å². The number of carbonyl (C=O) groups is 3. The lowest BCUT2D eigenvalue weighted by molar-refractivity contribution is 0.0693. The molecule has 2 aromatic carbocycles. The lowest BCUT2D eigenvalue weighted by atomic mass is 9.88. The maximum absolute atomic E-state index is 13.5. The molecule has 138 valence electrons. The molecule has 0 radical (unpaired) electrons. The molecule has 5 nitrogen and oxygen atoms in total. The standard InChI is InChI=1S/C22H22N2O3/c1-13(2)18-11-9-14-6-4-5-7-19(14)24(18)20(25)15-8-10-16-17(12-15)22(27)23(3)21(16)26/h4-8,10,12-13,18H,9,11H2,1-3H3. The van der Waals surface area contributed by atoms with Crippen molar-refractivity contribution in [3.8, 4) is 0 Å². The third-order valence-electron chi connectivity index (χ3n) is 5.62. The predicted molar refractivity (Wildman–Crippen MR) is 103 cm³/mol. The highest BCUT2D eigenvalue weighted by Gasteiger charge is 2.36. The quantitative estimate of drug-likeness (QED) is 0.768. The number of imide groups is 1. The van der Waals surface area contributed by atoms with E-state index >= 15 is 0 Å². The van der Waals surface area contributed by atoms with Gasteiger partial charge in [0.05, 0.1) is 11.1 Å². The predicted octanol–water partition coefficient (Wildman–Crippen LogP) is 3.53. The highest BCUT2D eigenvalue weighted by molar-refractivity contribution is 6.22. The van der Waals surface area contributed by atoms with Gasteiger partial charge < -0.3 is 4.90 Å². The molecule has 0 saturated carbocycles. The summed E-state index contributed by atoms with van der Waals surface area (Å²) in [7, 11) is 1.46. The fourth-order valence-corrected chi connectivity index (χ4v) is 4.09. The number of para-hydroxylation sites is 1. The third-order valence-corrected chi connectivity index (χ3v) is 5.62. The van der Waals surface area contributed by atoms with Crippen molar-refractivity contribution in [1.82, 2.24) is 4.90 Å². The SMILES string of the molecule is CC(C)C1CCc2ccccc2N1C(=O)c1ccc2c(c1)C(=O)N(C)C2=O. The number of hydrogen-bond acceptors (Lipinski definition) is 3. The van der Waals surface area contributed by atoms with Crippen molar-refractivity contribution in [2.24, 2.45) is 5.92 Å². The second-order valence-electron chi connectivity index (χ2n) is 7.58. The van der Waals surface area contributed by atoms with Crippen LogP contribution in [0.25, 0.3) is 0 Å². The summed E-state index contributed by atoms with van der Waals surface area (Å²) in [5, 5.41) is 0. The van der Waals surface area contributed by atoms with Crippen LogP contribution in [0.4, 0.5) is 5.69 Å². The zero-order valence-electron chi connectivity index (χ0n) is 15.7. The summed E-state index contributed by atoms with van der Waals surface area (Å²) >= 11 is 0. The summed E-state index contributed by atoms with van der Waals surface area (Å²) in [6, 6.07) is 12.9. The summed E-state index contributed by atoms with van der Waals surface area (Å²) in [5.74, 6) is -0.494. The summed E-state index contributed by atoms with van der Waals surface area (Å²) < 4.78 is 0. The number of anilines is 1. The molecule has 0 spiro atoms. The van der Waals surface area contributed by atoms with Crippen LogP contribution in [0.3, 0.4) is 0 Å². The second kappa shape index (κ2) is 6.34. The number of fused-ring (bicyclic) bond motifs is 2. The van der Waals surface area contributed by atoms with E-state index in [1.165, 1.54) is 7.05 Å². The van der Waals surface area contributed by atoms with Gasteiger partial charge in [-0.2, -0.15) is 0 Å². The molecule has 2 aliphatic heterocycles. The molecule has 0 saturated heterocycles. The fourth-order valence-electron chi connectivity index (χ4n) is 4.09. The lowest BCUT2D eigenvalue weighted by Crippen LogP contribution is -2.46. The van der Waals surface area contributed by atoms with Gasteiger partial charge in [-0.3, -0.25) is 19.3 Å². The first-order chi connectivity index (χ1) is 12.9. The number of carbonyl (C=O) groups excluding carboxylic acids is 3. The van der Waals surface area contributed by atoms with Crippen LogP contribution in [0.15, 0.2) is 42.5 Å². The van der Waals surface area contributed by atoms with E-state index in [2.05, 4.69) is 19.9 Å². The van der Waals surface area contributed by atoms with Crippen LogP contribution in [0.5, 0.6) is 0 Å². The maximum atomic E-state index is 13.5. The van der Waals surface area contributed by atoms with E-state index in [1.807, 2.05) is 23.1 Å². The Kier molecular flexibility index (Phi) is 4.10. The zero-order chi connectivity index (χ0) is 19.3.